The van der Waals surface area contributed by atoms with Crippen molar-refractivity contribution in [2.75, 3.05) is 20.1 Å². The molecule has 2 amide bonds. The second kappa shape index (κ2) is 6.59. The topological polar surface area (TPSA) is 75.4 Å². The molecule has 0 aromatic rings. The van der Waals surface area contributed by atoms with E-state index in [1.165, 1.54) is 6.42 Å². The highest BCUT2D eigenvalue weighted by Crippen LogP contribution is 2.09. The first-order valence-electron chi connectivity index (χ1n) is 6.10. The van der Waals surface area contributed by atoms with Crippen molar-refractivity contribution in [2.24, 2.45) is 11.7 Å². The highest BCUT2D eigenvalue weighted by atomic mass is 16.2. The van der Waals surface area contributed by atoms with Gasteiger partial charge in [-0.05, 0) is 39.4 Å². The molecule has 3 N–H and O–H groups in total. The number of nitrogens with two attached hydrogens (primary N) is 1. The lowest BCUT2D eigenvalue weighted by atomic mass is 10.0. The Bertz CT molecular complexity index is 273. The van der Waals surface area contributed by atoms with E-state index in [2.05, 4.69) is 17.3 Å². The molecule has 0 unspecified atom stereocenters. The molecule has 1 atom stereocenters. The number of hydrogen-bond acceptors (Lipinski definition) is 3. The lowest BCUT2D eigenvalue weighted by Crippen LogP contribution is -2.43. The van der Waals surface area contributed by atoms with Crippen LogP contribution in [-0.4, -0.2) is 42.9 Å². The van der Waals surface area contributed by atoms with Gasteiger partial charge in [0.2, 0.25) is 11.8 Å². The predicted molar refractivity (Wildman–Crippen MR) is 65.9 cm³/mol. The molecule has 1 aliphatic heterocycles. The van der Waals surface area contributed by atoms with Gasteiger partial charge in [-0.25, -0.2) is 0 Å². The molecule has 1 aliphatic rings. The Morgan fingerprint density at radius 3 is 2.59 bits per heavy atom. The monoisotopic (exact) mass is 240 g/mol. The van der Waals surface area contributed by atoms with Crippen LogP contribution in [0.15, 0.2) is 0 Å². The fourth-order valence-electron chi connectivity index (χ4n) is 1.81. The summed E-state index contributed by atoms with van der Waals surface area (Å²) >= 11 is 0. The van der Waals surface area contributed by atoms with Crippen molar-refractivity contribution in [3.63, 3.8) is 0 Å². The van der Waals surface area contributed by atoms with Crippen molar-refractivity contribution in [1.82, 2.24) is 10.2 Å². The number of amides is 2. The van der Waals surface area contributed by atoms with E-state index in [9.17, 15) is 9.59 Å². The molecule has 5 heteroatoms. The number of likely N-dealkylation sites (tertiary alicyclic amines) is 1. The van der Waals surface area contributed by atoms with E-state index in [-0.39, 0.29) is 23.8 Å². The average Bonchev–Trinajstić information content (AvgIpc) is 2.29. The standard InChI is InChI=1S/C12H22N3O2/c1-9(12(13)17)3-4-11(16)14-10-5-7-15(2)8-6-10/h4,9-10H,3,5-8H2,1-2H3,(H2,13,17)(H,14,16)/t9-/m0/s1. The van der Waals surface area contributed by atoms with Crippen LogP contribution in [0.1, 0.15) is 26.2 Å². The molecule has 1 rings (SSSR count). The minimum Gasteiger partial charge on any atom is -0.369 e. The molecule has 1 saturated heterocycles. The van der Waals surface area contributed by atoms with Gasteiger partial charge in [-0.2, -0.15) is 0 Å². The second-order valence-corrected chi connectivity index (χ2v) is 4.83. The van der Waals surface area contributed by atoms with E-state index in [1.807, 2.05) is 0 Å². The van der Waals surface area contributed by atoms with Crippen LogP contribution in [0.2, 0.25) is 0 Å². The van der Waals surface area contributed by atoms with Gasteiger partial charge in [-0.15, -0.1) is 0 Å². The molecule has 0 saturated carbocycles. The van der Waals surface area contributed by atoms with Gasteiger partial charge in [0.05, 0.1) is 6.42 Å². The Hall–Kier alpha value is -1.10. The van der Waals surface area contributed by atoms with Crippen molar-refractivity contribution >= 4 is 11.8 Å². The molecule has 1 fully saturated rings. The van der Waals surface area contributed by atoms with E-state index in [0.29, 0.717) is 6.42 Å². The molecular formula is C12H22N3O2. The van der Waals surface area contributed by atoms with Gasteiger partial charge < -0.3 is 16.0 Å². The summed E-state index contributed by atoms with van der Waals surface area (Å²) in [4.78, 5) is 24.6. The molecule has 1 radical (unpaired) electrons. The molecule has 5 nitrogen and oxygen atoms in total. The van der Waals surface area contributed by atoms with Gasteiger partial charge in [0.25, 0.3) is 0 Å². The molecule has 0 aromatic carbocycles. The number of piperidine rings is 1. The number of nitrogens with one attached hydrogen (secondary N) is 1. The van der Waals surface area contributed by atoms with Crippen LogP contribution in [0.25, 0.3) is 0 Å². The zero-order valence-electron chi connectivity index (χ0n) is 10.6. The lowest BCUT2D eigenvalue weighted by Gasteiger charge is -2.29. The fourth-order valence-corrected chi connectivity index (χ4v) is 1.81. The summed E-state index contributed by atoms with van der Waals surface area (Å²) in [6.45, 7) is 3.76. The smallest absolute Gasteiger partial charge is 0.224 e. The largest absolute Gasteiger partial charge is 0.369 e. The first-order valence-corrected chi connectivity index (χ1v) is 6.10. The summed E-state index contributed by atoms with van der Waals surface area (Å²) in [6.07, 6.45) is 3.91. The molecule has 0 aromatic heterocycles. The van der Waals surface area contributed by atoms with E-state index in [1.54, 1.807) is 6.92 Å². The molecule has 1 heterocycles. The van der Waals surface area contributed by atoms with E-state index in [4.69, 9.17) is 5.73 Å². The van der Waals surface area contributed by atoms with Crippen LogP contribution in [-0.2, 0) is 9.59 Å². The summed E-state index contributed by atoms with van der Waals surface area (Å²) < 4.78 is 0. The normalized spacial score (nSPS) is 19.9. The van der Waals surface area contributed by atoms with Crippen molar-refractivity contribution in [2.45, 2.75) is 32.2 Å². The summed E-state index contributed by atoms with van der Waals surface area (Å²) in [5, 5.41) is 2.96. The van der Waals surface area contributed by atoms with Crippen molar-refractivity contribution in [3.8, 4) is 0 Å². The first-order chi connectivity index (χ1) is 7.99. The lowest BCUT2D eigenvalue weighted by molar-refractivity contribution is -0.121. The van der Waals surface area contributed by atoms with Crippen LogP contribution in [0.4, 0.5) is 0 Å². The third-order valence-corrected chi connectivity index (χ3v) is 3.21. The molecular weight excluding hydrogens is 218 g/mol. The van der Waals surface area contributed by atoms with Crippen LogP contribution in [0, 0.1) is 12.3 Å². The third kappa shape index (κ3) is 5.17. The second-order valence-electron chi connectivity index (χ2n) is 4.83. The Morgan fingerprint density at radius 2 is 2.06 bits per heavy atom. The van der Waals surface area contributed by atoms with E-state index >= 15 is 0 Å². The minimum absolute atomic E-state index is 0.0901. The zero-order valence-corrected chi connectivity index (χ0v) is 10.6. The van der Waals surface area contributed by atoms with Crippen LogP contribution in [0.5, 0.6) is 0 Å². The molecule has 0 spiro atoms. The summed E-state index contributed by atoms with van der Waals surface area (Å²) in [5.74, 6) is -0.737. The first kappa shape index (κ1) is 14.0. The minimum atomic E-state index is -0.367. The van der Waals surface area contributed by atoms with Crippen LogP contribution < -0.4 is 11.1 Å². The predicted octanol–water partition coefficient (Wildman–Crippen LogP) is -0.0874. The molecule has 97 valence electrons. The van der Waals surface area contributed by atoms with Crippen molar-refractivity contribution in [3.05, 3.63) is 6.42 Å². The maximum atomic E-state index is 11.6. The SMILES string of the molecule is C[C@@H](C[CH]C(=O)NC1CCN(C)CC1)C(N)=O. The van der Waals surface area contributed by atoms with Gasteiger partial charge >= 0.3 is 0 Å². The Morgan fingerprint density at radius 1 is 1.47 bits per heavy atom. The highest BCUT2D eigenvalue weighted by Gasteiger charge is 2.19. The third-order valence-electron chi connectivity index (χ3n) is 3.21. The molecule has 0 bridgehead atoms. The summed E-state index contributed by atoms with van der Waals surface area (Å²) in [6, 6.07) is 0.263. The molecule has 0 aliphatic carbocycles. The Labute approximate surface area is 103 Å². The van der Waals surface area contributed by atoms with Crippen LogP contribution >= 0.6 is 0 Å². The molecule has 17 heavy (non-hydrogen) atoms. The zero-order chi connectivity index (χ0) is 12.8. The number of carbonyl (C=O) groups is 2. The Balaban J connectivity index is 2.19. The van der Waals surface area contributed by atoms with E-state index < -0.39 is 0 Å². The van der Waals surface area contributed by atoms with Crippen molar-refractivity contribution in [1.29, 1.82) is 0 Å². The average molecular weight is 240 g/mol. The Kier molecular flexibility index (Phi) is 5.41. The van der Waals surface area contributed by atoms with Gasteiger partial charge in [0.15, 0.2) is 0 Å². The van der Waals surface area contributed by atoms with Gasteiger partial charge in [-0.3, -0.25) is 9.59 Å². The maximum absolute atomic E-state index is 11.6. The van der Waals surface area contributed by atoms with Gasteiger partial charge in [-0.1, -0.05) is 6.92 Å². The van der Waals surface area contributed by atoms with Crippen molar-refractivity contribution < 1.29 is 9.59 Å². The van der Waals surface area contributed by atoms with Gasteiger partial charge in [0.1, 0.15) is 0 Å². The number of primary amides is 1. The summed E-state index contributed by atoms with van der Waals surface area (Å²) in [5.41, 5.74) is 5.13. The summed E-state index contributed by atoms with van der Waals surface area (Å²) in [7, 11) is 2.08. The van der Waals surface area contributed by atoms with Gasteiger partial charge in [0, 0.05) is 12.0 Å². The number of hydrogen-bond donors (Lipinski definition) is 2. The van der Waals surface area contributed by atoms with E-state index in [0.717, 1.165) is 25.9 Å². The number of carbonyl (C=O) groups excluding carboxylic acids is 2. The number of nitrogens with zero attached hydrogens (tertiary/aromatic N) is 1. The number of rotatable bonds is 5. The quantitative estimate of drug-likeness (QED) is 0.705. The maximum Gasteiger partial charge on any atom is 0.224 e. The van der Waals surface area contributed by atoms with Crippen LogP contribution in [0.3, 0.4) is 0 Å². The fraction of sp³-hybridized carbons (Fsp3) is 0.750. The highest BCUT2D eigenvalue weighted by molar-refractivity contribution is 5.86.